The third-order valence-corrected chi connectivity index (χ3v) is 5.66. The van der Waals surface area contributed by atoms with Gasteiger partial charge in [0.05, 0.1) is 11.1 Å². The van der Waals surface area contributed by atoms with E-state index in [4.69, 9.17) is 4.84 Å². The van der Waals surface area contributed by atoms with Gasteiger partial charge in [-0.05, 0) is 36.1 Å². The lowest BCUT2D eigenvalue weighted by molar-refractivity contribution is -0.170. The minimum absolute atomic E-state index is 0.117. The van der Waals surface area contributed by atoms with Gasteiger partial charge in [0.15, 0.2) is 0 Å². The summed E-state index contributed by atoms with van der Waals surface area (Å²) in [6.07, 6.45) is 1.01. The first kappa shape index (κ1) is 18.0. The third-order valence-electron chi connectivity index (χ3n) is 5.66. The van der Waals surface area contributed by atoms with Crippen molar-refractivity contribution in [1.29, 1.82) is 0 Å². The normalized spacial score (nSPS) is 21.9. The molecule has 1 saturated heterocycles. The van der Waals surface area contributed by atoms with Crippen LogP contribution < -0.4 is 5.32 Å². The number of hydroxylamine groups is 2. The fraction of sp³-hybridized carbons (Fsp3) is 0.190. The van der Waals surface area contributed by atoms with Crippen molar-refractivity contribution in [3.05, 3.63) is 70.8 Å². The molecule has 30 heavy (non-hydrogen) atoms. The van der Waals surface area contributed by atoms with Gasteiger partial charge in [0.2, 0.25) is 0 Å². The maximum atomic E-state index is 13.1. The molecule has 2 aromatic carbocycles. The van der Waals surface area contributed by atoms with Crippen molar-refractivity contribution in [2.24, 2.45) is 0 Å². The summed E-state index contributed by atoms with van der Waals surface area (Å²) in [5.74, 6) is -3.18. The smallest absolute Gasteiger partial charge is 0.328 e. The average Bonchev–Trinajstić information content (AvgIpc) is 3.32. The molecule has 0 bridgehead atoms. The highest BCUT2D eigenvalue weighted by molar-refractivity contribution is 6.21. The topological polar surface area (TPSA) is 113 Å². The van der Waals surface area contributed by atoms with Crippen LogP contribution in [0.4, 0.5) is 4.79 Å². The summed E-state index contributed by atoms with van der Waals surface area (Å²) >= 11 is 0. The van der Waals surface area contributed by atoms with Gasteiger partial charge in [-0.3, -0.25) is 19.3 Å². The molecule has 1 aliphatic carbocycles. The fourth-order valence-corrected chi connectivity index (χ4v) is 4.24. The Hall–Kier alpha value is -4.01. The van der Waals surface area contributed by atoms with Crippen LogP contribution in [0.1, 0.15) is 38.3 Å². The summed E-state index contributed by atoms with van der Waals surface area (Å²) in [4.78, 5) is 68.2. The summed E-state index contributed by atoms with van der Waals surface area (Å²) in [6.45, 7) is -0.720. The predicted octanol–water partition coefficient (Wildman–Crippen LogP) is 1.13. The first-order valence-corrected chi connectivity index (χ1v) is 9.33. The van der Waals surface area contributed by atoms with Crippen LogP contribution in [0.25, 0.3) is 0 Å². The number of imide groups is 2. The van der Waals surface area contributed by atoms with Crippen molar-refractivity contribution in [3.63, 3.8) is 0 Å². The number of nitrogens with zero attached hydrogens (tertiary/aromatic N) is 2. The molecule has 1 atom stereocenters. The molecule has 150 valence electrons. The van der Waals surface area contributed by atoms with Gasteiger partial charge in [0.1, 0.15) is 12.1 Å². The van der Waals surface area contributed by atoms with Crippen LogP contribution in [0.3, 0.4) is 0 Å². The minimum atomic E-state index is -1.20. The van der Waals surface area contributed by atoms with Crippen molar-refractivity contribution in [1.82, 2.24) is 15.3 Å². The van der Waals surface area contributed by atoms with Crippen LogP contribution in [0, 0.1) is 0 Å². The number of hydrogen-bond donors (Lipinski definition) is 1. The number of benzene rings is 2. The molecule has 0 aromatic heterocycles. The van der Waals surface area contributed by atoms with Gasteiger partial charge in [0.25, 0.3) is 17.7 Å². The Morgan fingerprint density at radius 1 is 0.967 bits per heavy atom. The molecule has 0 saturated carbocycles. The van der Waals surface area contributed by atoms with Crippen LogP contribution in [-0.4, -0.2) is 46.2 Å². The fourth-order valence-electron chi connectivity index (χ4n) is 4.24. The van der Waals surface area contributed by atoms with Crippen LogP contribution in [0.5, 0.6) is 0 Å². The van der Waals surface area contributed by atoms with E-state index in [1.807, 2.05) is 12.1 Å². The quantitative estimate of drug-likeness (QED) is 0.605. The van der Waals surface area contributed by atoms with Gasteiger partial charge in [0, 0.05) is 0 Å². The Bertz CT molecular complexity index is 1120. The number of aryl methyl sites for hydroxylation is 1. The van der Waals surface area contributed by atoms with E-state index in [9.17, 15) is 24.0 Å². The average molecular weight is 405 g/mol. The molecule has 3 aliphatic rings. The molecule has 0 radical (unpaired) electrons. The number of urea groups is 1. The second kappa shape index (κ2) is 6.24. The first-order chi connectivity index (χ1) is 14.4. The Morgan fingerprint density at radius 2 is 1.60 bits per heavy atom. The summed E-state index contributed by atoms with van der Waals surface area (Å²) < 4.78 is 0. The molecule has 1 fully saturated rings. The monoisotopic (exact) mass is 405 g/mol. The predicted molar refractivity (Wildman–Crippen MR) is 99.7 cm³/mol. The van der Waals surface area contributed by atoms with Crippen LogP contribution >= 0.6 is 0 Å². The number of rotatable bonds is 3. The van der Waals surface area contributed by atoms with E-state index in [0.29, 0.717) is 23.5 Å². The van der Waals surface area contributed by atoms with E-state index >= 15 is 0 Å². The molecule has 2 aliphatic heterocycles. The molecule has 2 heterocycles. The zero-order chi connectivity index (χ0) is 21.0. The summed E-state index contributed by atoms with van der Waals surface area (Å²) in [5.41, 5.74) is 0.698. The van der Waals surface area contributed by atoms with E-state index in [1.54, 1.807) is 24.3 Å². The van der Waals surface area contributed by atoms with Crippen LogP contribution in [0.15, 0.2) is 48.5 Å². The maximum Gasteiger partial charge on any atom is 0.353 e. The first-order valence-electron chi connectivity index (χ1n) is 9.33. The third kappa shape index (κ3) is 2.38. The molecule has 5 amide bonds. The number of fused-ring (bicyclic) bond motifs is 3. The van der Waals surface area contributed by atoms with Crippen LogP contribution in [-0.2, 0) is 26.4 Å². The lowest BCUT2D eigenvalue weighted by Gasteiger charge is -2.22. The second-order valence-electron chi connectivity index (χ2n) is 7.30. The highest BCUT2D eigenvalue weighted by atomic mass is 16.7. The second-order valence-corrected chi connectivity index (χ2v) is 7.30. The number of hydrogen-bond acceptors (Lipinski definition) is 6. The summed E-state index contributed by atoms with van der Waals surface area (Å²) in [6, 6.07) is 12.6. The highest BCUT2D eigenvalue weighted by Gasteiger charge is 2.55. The van der Waals surface area contributed by atoms with Crippen molar-refractivity contribution in [2.75, 3.05) is 6.54 Å². The van der Waals surface area contributed by atoms with E-state index in [1.165, 1.54) is 12.1 Å². The molecular weight excluding hydrogens is 390 g/mol. The van der Waals surface area contributed by atoms with Crippen molar-refractivity contribution < 1.29 is 28.8 Å². The maximum absolute atomic E-state index is 13.1. The lowest BCUT2D eigenvalue weighted by Crippen LogP contribution is -2.43. The Labute approximate surface area is 170 Å². The van der Waals surface area contributed by atoms with E-state index < -0.39 is 41.8 Å². The van der Waals surface area contributed by atoms with Gasteiger partial charge in [-0.2, -0.15) is 0 Å². The molecule has 1 unspecified atom stereocenters. The van der Waals surface area contributed by atoms with Crippen molar-refractivity contribution in [3.8, 4) is 0 Å². The summed E-state index contributed by atoms with van der Waals surface area (Å²) in [7, 11) is 0. The highest BCUT2D eigenvalue weighted by Crippen LogP contribution is 2.41. The molecular formula is C21H15N3O6. The Kier molecular flexibility index (Phi) is 3.76. The molecule has 1 spiro atoms. The van der Waals surface area contributed by atoms with Gasteiger partial charge in [-0.15, -0.1) is 0 Å². The minimum Gasteiger partial charge on any atom is -0.328 e. The van der Waals surface area contributed by atoms with E-state index in [-0.39, 0.29) is 11.1 Å². The molecule has 9 heteroatoms. The Balaban J connectivity index is 1.33. The standard InChI is InChI=1S/C21H15N3O6/c25-16(30-24-17(26)13-6-2-3-7-14(13)18(24)27)11-23-19(28)21(22-20(23)29)10-9-12-5-1-4-8-15(12)21/h1-8H,9-11H2,(H,22,29). The number of carbonyl (C=O) groups excluding carboxylic acids is 5. The van der Waals surface area contributed by atoms with Crippen LogP contribution in [0.2, 0.25) is 0 Å². The van der Waals surface area contributed by atoms with E-state index in [0.717, 1.165) is 10.5 Å². The zero-order valence-electron chi connectivity index (χ0n) is 15.6. The number of nitrogens with one attached hydrogen (secondary N) is 1. The van der Waals surface area contributed by atoms with Crippen molar-refractivity contribution >= 4 is 29.7 Å². The lowest BCUT2D eigenvalue weighted by atomic mass is 9.92. The zero-order valence-corrected chi connectivity index (χ0v) is 15.6. The molecule has 2 aromatic rings. The van der Waals surface area contributed by atoms with Crippen molar-refractivity contribution in [2.45, 2.75) is 18.4 Å². The largest absolute Gasteiger partial charge is 0.353 e. The molecule has 1 N–H and O–H groups in total. The van der Waals surface area contributed by atoms with Gasteiger partial charge < -0.3 is 10.2 Å². The van der Waals surface area contributed by atoms with E-state index in [2.05, 4.69) is 5.32 Å². The molecule has 9 nitrogen and oxygen atoms in total. The number of carbonyl (C=O) groups is 5. The SMILES string of the molecule is O=C(CN1C(=O)NC2(CCc3ccccc32)C1=O)ON1C(=O)c2ccccc2C1=O. The summed E-state index contributed by atoms with van der Waals surface area (Å²) in [5, 5.41) is 3.05. The molecule has 5 rings (SSSR count). The van der Waals surface area contributed by atoms with Gasteiger partial charge in [-0.1, -0.05) is 41.5 Å². The Morgan fingerprint density at radius 3 is 2.30 bits per heavy atom. The van der Waals surface area contributed by atoms with Gasteiger partial charge >= 0.3 is 12.0 Å². The van der Waals surface area contributed by atoms with Gasteiger partial charge in [-0.25, -0.2) is 9.59 Å². The number of amides is 5.